The van der Waals surface area contributed by atoms with Gasteiger partial charge in [-0.05, 0) is 31.5 Å². The number of rotatable bonds is 3. The first-order valence-corrected chi connectivity index (χ1v) is 3.62. The molecule has 0 aliphatic carbocycles. The molecule has 3 nitrogen and oxygen atoms in total. The van der Waals surface area contributed by atoms with Crippen molar-refractivity contribution >= 4 is 6.47 Å². The Bertz CT molecular complexity index is 256. The summed E-state index contributed by atoms with van der Waals surface area (Å²) in [6.07, 6.45) is 3.32. The molecule has 1 aromatic heterocycles. The van der Waals surface area contributed by atoms with Crippen molar-refractivity contribution in [1.29, 1.82) is 0 Å². The third kappa shape index (κ3) is 1.81. The molecule has 1 heterocycles. The lowest BCUT2D eigenvalue weighted by Crippen LogP contribution is -2.20. The monoisotopic (exact) mass is 164 g/mol. The van der Waals surface area contributed by atoms with Gasteiger partial charge in [-0.2, -0.15) is 0 Å². The van der Waals surface area contributed by atoms with Crippen molar-refractivity contribution in [2.45, 2.75) is 19.4 Å². The van der Waals surface area contributed by atoms with Crippen LogP contribution in [0.15, 0.2) is 24.5 Å². The van der Waals surface area contributed by atoms with Gasteiger partial charge in [0.2, 0.25) is 0 Å². The largest absolute Gasteiger partial charge is 0.446 e. The van der Waals surface area contributed by atoms with Crippen LogP contribution in [0.2, 0.25) is 0 Å². The summed E-state index contributed by atoms with van der Waals surface area (Å²) < 4.78 is 4.78. The predicted molar refractivity (Wildman–Crippen MR) is 44.0 cm³/mol. The average molecular weight is 164 g/mol. The van der Waals surface area contributed by atoms with Crippen LogP contribution in [0.25, 0.3) is 0 Å². The number of hydrogen-bond acceptors (Lipinski definition) is 3. The van der Waals surface area contributed by atoms with Crippen LogP contribution in [0.1, 0.15) is 19.4 Å². The van der Waals surface area contributed by atoms with E-state index in [0.29, 0.717) is 0 Å². The van der Waals surface area contributed by atoms with Crippen LogP contribution in [-0.4, -0.2) is 11.5 Å². The van der Waals surface area contributed by atoms with E-state index in [1.807, 2.05) is 0 Å². The zero-order chi connectivity index (χ0) is 9.03. The summed E-state index contributed by atoms with van der Waals surface area (Å²) in [4.78, 5) is 13.9. The van der Waals surface area contributed by atoms with Crippen LogP contribution in [0.3, 0.4) is 0 Å². The zero-order valence-electron chi connectivity index (χ0n) is 7.07. The second kappa shape index (κ2) is 3.34. The summed E-state index contributed by atoms with van der Waals surface area (Å²) in [7, 11) is 0. The Balaban J connectivity index is 2.89. The van der Waals surface area contributed by atoms with Gasteiger partial charge >= 0.3 is 6.47 Å². The van der Waals surface area contributed by atoms with E-state index in [1.54, 1.807) is 38.4 Å². The van der Waals surface area contributed by atoms with Crippen molar-refractivity contribution in [3.05, 3.63) is 30.1 Å². The van der Waals surface area contributed by atoms with E-state index in [2.05, 4.69) is 4.98 Å². The average Bonchev–Trinajstić information content (AvgIpc) is 2.06. The van der Waals surface area contributed by atoms with Crippen molar-refractivity contribution < 1.29 is 9.53 Å². The Labute approximate surface area is 71.4 Å². The van der Waals surface area contributed by atoms with E-state index in [9.17, 15) is 4.79 Å². The topological polar surface area (TPSA) is 39.2 Å². The Morgan fingerprint density at radius 1 is 1.42 bits per heavy atom. The molecular formula is C9H10NO2. The smallest absolute Gasteiger partial charge is 0.418 e. The van der Waals surface area contributed by atoms with Gasteiger partial charge in [0.05, 0.1) is 0 Å². The fraction of sp³-hybridized carbons (Fsp3) is 0.333. The van der Waals surface area contributed by atoms with Gasteiger partial charge in [0, 0.05) is 12.4 Å². The third-order valence-electron chi connectivity index (χ3n) is 1.67. The van der Waals surface area contributed by atoms with E-state index in [4.69, 9.17) is 4.74 Å². The van der Waals surface area contributed by atoms with Crippen molar-refractivity contribution in [2.75, 3.05) is 0 Å². The molecule has 1 aromatic rings. The summed E-state index contributed by atoms with van der Waals surface area (Å²) in [6.45, 7) is 5.03. The first-order valence-electron chi connectivity index (χ1n) is 3.62. The molecule has 0 saturated heterocycles. The van der Waals surface area contributed by atoms with Crippen LogP contribution < -0.4 is 0 Å². The van der Waals surface area contributed by atoms with E-state index < -0.39 is 5.60 Å². The number of nitrogens with zero attached hydrogens (tertiary/aromatic N) is 1. The molecule has 0 amide bonds. The highest BCUT2D eigenvalue weighted by atomic mass is 16.5. The Morgan fingerprint density at radius 2 is 2.00 bits per heavy atom. The predicted octanol–water partition coefficient (Wildman–Crippen LogP) is 1.40. The van der Waals surface area contributed by atoms with Gasteiger partial charge < -0.3 is 4.74 Å². The molecular weight excluding hydrogens is 154 g/mol. The van der Waals surface area contributed by atoms with Crippen molar-refractivity contribution in [1.82, 2.24) is 4.98 Å². The highest BCUT2D eigenvalue weighted by molar-refractivity contribution is 5.40. The van der Waals surface area contributed by atoms with E-state index in [0.717, 1.165) is 5.56 Å². The summed E-state index contributed by atoms with van der Waals surface area (Å²) >= 11 is 0. The minimum atomic E-state index is -0.620. The first-order chi connectivity index (χ1) is 5.67. The molecule has 0 aliphatic rings. The maximum atomic E-state index is 10.0. The Kier molecular flexibility index (Phi) is 2.43. The summed E-state index contributed by atoms with van der Waals surface area (Å²) in [6, 6.07) is 3.61. The van der Waals surface area contributed by atoms with Gasteiger partial charge in [-0.3, -0.25) is 4.98 Å². The third-order valence-corrected chi connectivity index (χ3v) is 1.67. The fourth-order valence-electron chi connectivity index (χ4n) is 0.916. The van der Waals surface area contributed by atoms with E-state index >= 15 is 0 Å². The Morgan fingerprint density at radius 3 is 2.50 bits per heavy atom. The second-order valence-electron chi connectivity index (χ2n) is 2.93. The maximum Gasteiger partial charge on any atom is 0.418 e. The molecule has 12 heavy (non-hydrogen) atoms. The van der Waals surface area contributed by atoms with Crippen LogP contribution in [0.4, 0.5) is 0 Å². The van der Waals surface area contributed by atoms with Crippen LogP contribution in [-0.2, 0) is 15.1 Å². The van der Waals surface area contributed by atoms with Gasteiger partial charge in [-0.15, -0.1) is 0 Å². The minimum Gasteiger partial charge on any atom is -0.446 e. The van der Waals surface area contributed by atoms with Gasteiger partial charge in [-0.1, -0.05) is 0 Å². The molecule has 3 heteroatoms. The highest BCUT2D eigenvalue weighted by Gasteiger charge is 2.21. The number of pyridine rings is 1. The van der Waals surface area contributed by atoms with Gasteiger partial charge in [0.15, 0.2) is 0 Å². The molecule has 1 rings (SSSR count). The molecule has 63 valence electrons. The van der Waals surface area contributed by atoms with E-state index in [1.165, 1.54) is 6.47 Å². The van der Waals surface area contributed by atoms with Crippen molar-refractivity contribution in [3.63, 3.8) is 0 Å². The zero-order valence-corrected chi connectivity index (χ0v) is 7.07. The standard InChI is InChI=1S/C9H10NO2/c1-9(2,12-7-11)8-3-5-10-6-4-8/h3-6H,1-2H3. The highest BCUT2D eigenvalue weighted by Crippen LogP contribution is 2.22. The summed E-state index contributed by atoms with van der Waals surface area (Å²) in [5.41, 5.74) is 0.283. The first kappa shape index (κ1) is 8.71. The molecule has 0 spiro atoms. The summed E-state index contributed by atoms with van der Waals surface area (Å²) in [5, 5.41) is 0. The van der Waals surface area contributed by atoms with E-state index in [-0.39, 0.29) is 0 Å². The SMILES string of the molecule is CC(C)(O[C]=O)c1ccncc1. The maximum absolute atomic E-state index is 10.0. The number of carbonyl (C=O) groups excluding carboxylic acids is 1. The fourth-order valence-corrected chi connectivity index (χ4v) is 0.916. The lowest BCUT2D eigenvalue weighted by molar-refractivity contribution is 0.0878. The number of ether oxygens (including phenoxy) is 1. The van der Waals surface area contributed by atoms with Crippen LogP contribution >= 0.6 is 0 Å². The number of aromatic nitrogens is 1. The summed E-state index contributed by atoms with van der Waals surface area (Å²) in [5.74, 6) is 0. The quantitative estimate of drug-likeness (QED) is 0.677. The van der Waals surface area contributed by atoms with Crippen LogP contribution in [0.5, 0.6) is 0 Å². The molecule has 1 radical (unpaired) electrons. The van der Waals surface area contributed by atoms with Gasteiger partial charge in [0.25, 0.3) is 0 Å². The molecule has 0 bridgehead atoms. The molecule has 0 atom stereocenters. The molecule has 0 saturated carbocycles. The van der Waals surface area contributed by atoms with Gasteiger partial charge in [-0.25, -0.2) is 4.79 Å². The molecule has 0 N–H and O–H groups in total. The van der Waals surface area contributed by atoms with Crippen molar-refractivity contribution in [2.24, 2.45) is 0 Å². The molecule has 0 aliphatic heterocycles. The minimum absolute atomic E-state index is 0.620. The lowest BCUT2D eigenvalue weighted by atomic mass is 10.00. The number of hydrogen-bond donors (Lipinski definition) is 0. The molecule has 0 fully saturated rings. The normalized spacial score (nSPS) is 10.8. The molecule has 0 aromatic carbocycles. The Hall–Kier alpha value is -1.38. The second-order valence-corrected chi connectivity index (χ2v) is 2.93. The van der Waals surface area contributed by atoms with Crippen molar-refractivity contribution in [3.8, 4) is 0 Å². The van der Waals surface area contributed by atoms with Crippen LogP contribution in [0, 0.1) is 0 Å². The molecule has 0 unspecified atom stereocenters. The lowest BCUT2D eigenvalue weighted by Gasteiger charge is -2.21. The van der Waals surface area contributed by atoms with Gasteiger partial charge in [0.1, 0.15) is 5.60 Å².